The van der Waals surface area contributed by atoms with Crippen molar-refractivity contribution >= 4 is 11.7 Å². The van der Waals surface area contributed by atoms with E-state index in [1.807, 2.05) is 12.1 Å². The van der Waals surface area contributed by atoms with Gasteiger partial charge in [-0.15, -0.1) is 0 Å². The van der Waals surface area contributed by atoms with Gasteiger partial charge in [0.2, 0.25) is 0 Å². The Morgan fingerprint density at radius 2 is 1.80 bits per heavy atom. The van der Waals surface area contributed by atoms with Crippen LogP contribution in [0.4, 0.5) is 5.69 Å². The van der Waals surface area contributed by atoms with Crippen molar-refractivity contribution < 1.29 is 9.63 Å². The molecule has 1 aromatic rings. The summed E-state index contributed by atoms with van der Waals surface area (Å²) in [6.45, 7) is 2.20. The van der Waals surface area contributed by atoms with Crippen molar-refractivity contribution in [3.63, 3.8) is 0 Å². The maximum Gasteiger partial charge on any atom is 0.356 e. The lowest BCUT2D eigenvalue weighted by Gasteiger charge is -2.17. The van der Waals surface area contributed by atoms with E-state index in [1.54, 1.807) is 12.1 Å². The van der Waals surface area contributed by atoms with Crippen molar-refractivity contribution in [2.24, 2.45) is 5.90 Å². The van der Waals surface area contributed by atoms with Gasteiger partial charge in [0.25, 0.3) is 0 Å². The Morgan fingerprint density at radius 3 is 2.33 bits per heavy atom. The predicted octanol–water partition coefficient (Wildman–Crippen LogP) is 1.32. The van der Waals surface area contributed by atoms with Gasteiger partial charge >= 0.3 is 5.97 Å². The normalized spacial score (nSPS) is 15.4. The number of anilines is 1. The highest BCUT2D eigenvalue weighted by Crippen LogP contribution is 2.20. The smallest absolute Gasteiger partial charge is 0.356 e. The quantitative estimate of drug-likeness (QED) is 0.741. The SMILES string of the molecule is NOC(=O)c1ccc(N2CCCC2)cc1. The molecule has 0 amide bonds. The van der Waals surface area contributed by atoms with Gasteiger partial charge in [-0.2, -0.15) is 5.90 Å². The molecular weight excluding hydrogens is 192 g/mol. The van der Waals surface area contributed by atoms with Gasteiger partial charge in [-0.3, -0.25) is 0 Å². The van der Waals surface area contributed by atoms with Crippen LogP contribution in [-0.4, -0.2) is 19.1 Å². The first kappa shape index (κ1) is 9.98. The van der Waals surface area contributed by atoms with Crippen LogP contribution in [0.25, 0.3) is 0 Å². The molecule has 0 bridgehead atoms. The van der Waals surface area contributed by atoms with E-state index in [0.29, 0.717) is 5.56 Å². The molecule has 80 valence electrons. The van der Waals surface area contributed by atoms with E-state index >= 15 is 0 Å². The molecule has 1 aromatic carbocycles. The molecule has 1 fully saturated rings. The van der Waals surface area contributed by atoms with E-state index in [4.69, 9.17) is 5.90 Å². The number of carbonyl (C=O) groups is 1. The van der Waals surface area contributed by atoms with Crippen molar-refractivity contribution in [2.45, 2.75) is 12.8 Å². The summed E-state index contributed by atoms with van der Waals surface area (Å²) in [4.78, 5) is 17.5. The van der Waals surface area contributed by atoms with Crippen LogP contribution >= 0.6 is 0 Å². The highest BCUT2D eigenvalue weighted by molar-refractivity contribution is 5.89. The highest BCUT2D eigenvalue weighted by atomic mass is 16.7. The van der Waals surface area contributed by atoms with Crippen molar-refractivity contribution in [1.29, 1.82) is 0 Å². The van der Waals surface area contributed by atoms with Gasteiger partial charge in [0.15, 0.2) is 0 Å². The highest BCUT2D eigenvalue weighted by Gasteiger charge is 2.12. The lowest BCUT2D eigenvalue weighted by Crippen LogP contribution is -2.17. The van der Waals surface area contributed by atoms with Crippen molar-refractivity contribution in [1.82, 2.24) is 0 Å². The second-order valence-corrected chi connectivity index (χ2v) is 3.65. The third-order valence-electron chi connectivity index (χ3n) is 2.68. The van der Waals surface area contributed by atoms with Crippen LogP contribution < -0.4 is 10.8 Å². The summed E-state index contributed by atoms with van der Waals surface area (Å²) in [5, 5.41) is 0. The molecule has 0 saturated carbocycles. The topological polar surface area (TPSA) is 55.6 Å². The third kappa shape index (κ3) is 2.10. The largest absolute Gasteiger partial charge is 0.372 e. The summed E-state index contributed by atoms with van der Waals surface area (Å²) in [7, 11) is 0. The number of hydrogen-bond donors (Lipinski definition) is 1. The number of nitrogens with zero attached hydrogens (tertiary/aromatic N) is 1. The number of rotatable bonds is 2. The van der Waals surface area contributed by atoms with E-state index in [2.05, 4.69) is 9.74 Å². The number of nitrogens with two attached hydrogens (primary N) is 1. The van der Waals surface area contributed by atoms with E-state index in [9.17, 15) is 4.79 Å². The summed E-state index contributed by atoms with van der Waals surface area (Å²) in [6.07, 6.45) is 2.49. The molecule has 1 heterocycles. The lowest BCUT2D eigenvalue weighted by molar-refractivity contribution is 0.0503. The summed E-state index contributed by atoms with van der Waals surface area (Å²) in [6, 6.07) is 7.33. The average molecular weight is 206 g/mol. The standard InChI is InChI=1S/C11H14N2O2/c12-15-11(14)9-3-5-10(6-4-9)13-7-1-2-8-13/h3-6H,1-2,7-8,12H2. The predicted molar refractivity (Wildman–Crippen MR) is 57.5 cm³/mol. The van der Waals surface area contributed by atoms with Crippen LogP contribution in [0.15, 0.2) is 24.3 Å². The first-order valence-corrected chi connectivity index (χ1v) is 5.07. The third-order valence-corrected chi connectivity index (χ3v) is 2.68. The minimum Gasteiger partial charge on any atom is -0.372 e. The molecule has 2 rings (SSSR count). The molecule has 0 aliphatic carbocycles. The Kier molecular flexibility index (Phi) is 2.87. The van der Waals surface area contributed by atoms with E-state index < -0.39 is 5.97 Å². The molecule has 15 heavy (non-hydrogen) atoms. The van der Waals surface area contributed by atoms with E-state index in [-0.39, 0.29) is 0 Å². The molecule has 0 radical (unpaired) electrons. The maximum atomic E-state index is 11.1. The molecule has 0 atom stereocenters. The molecule has 0 spiro atoms. The van der Waals surface area contributed by atoms with Gasteiger partial charge in [0, 0.05) is 18.8 Å². The van der Waals surface area contributed by atoms with E-state index in [1.165, 1.54) is 12.8 Å². The summed E-state index contributed by atoms with van der Waals surface area (Å²) in [5.41, 5.74) is 1.64. The Bertz CT molecular complexity index is 342. The Labute approximate surface area is 88.6 Å². The average Bonchev–Trinajstić information content (AvgIpc) is 2.82. The fourth-order valence-corrected chi connectivity index (χ4v) is 1.85. The van der Waals surface area contributed by atoms with E-state index in [0.717, 1.165) is 18.8 Å². The first-order chi connectivity index (χ1) is 7.31. The Morgan fingerprint density at radius 1 is 1.20 bits per heavy atom. The summed E-state index contributed by atoms with van der Waals surface area (Å²) < 4.78 is 0. The molecule has 1 aliphatic rings. The van der Waals surface area contributed by atoms with Crippen molar-refractivity contribution in [3.8, 4) is 0 Å². The second kappa shape index (κ2) is 4.31. The monoisotopic (exact) mass is 206 g/mol. The molecule has 4 heteroatoms. The fraction of sp³-hybridized carbons (Fsp3) is 0.364. The summed E-state index contributed by atoms with van der Waals surface area (Å²) >= 11 is 0. The van der Waals surface area contributed by atoms with Crippen LogP contribution in [0.5, 0.6) is 0 Å². The Balaban J connectivity index is 2.12. The molecule has 1 aliphatic heterocycles. The second-order valence-electron chi connectivity index (χ2n) is 3.65. The van der Waals surface area contributed by atoms with Crippen LogP contribution in [-0.2, 0) is 4.84 Å². The van der Waals surface area contributed by atoms with Gasteiger partial charge in [0.05, 0.1) is 5.56 Å². The van der Waals surface area contributed by atoms with Crippen LogP contribution in [0.1, 0.15) is 23.2 Å². The van der Waals surface area contributed by atoms with Gasteiger partial charge in [0.1, 0.15) is 0 Å². The number of carbonyl (C=O) groups excluding carboxylic acids is 1. The van der Waals surface area contributed by atoms with Gasteiger partial charge < -0.3 is 9.74 Å². The number of benzene rings is 1. The Hall–Kier alpha value is -1.55. The van der Waals surface area contributed by atoms with Crippen LogP contribution in [0.3, 0.4) is 0 Å². The maximum absolute atomic E-state index is 11.1. The van der Waals surface area contributed by atoms with Crippen LogP contribution in [0.2, 0.25) is 0 Å². The zero-order valence-corrected chi connectivity index (χ0v) is 8.48. The molecule has 2 N–H and O–H groups in total. The number of hydrogen-bond acceptors (Lipinski definition) is 4. The van der Waals surface area contributed by atoms with Gasteiger partial charge in [-0.05, 0) is 37.1 Å². The van der Waals surface area contributed by atoms with Crippen LogP contribution in [0, 0.1) is 0 Å². The lowest BCUT2D eigenvalue weighted by atomic mass is 10.2. The minimum absolute atomic E-state index is 0.487. The minimum atomic E-state index is -0.497. The first-order valence-electron chi connectivity index (χ1n) is 5.07. The summed E-state index contributed by atoms with van der Waals surface area (Å²) in [5.74, 6) is 4.31. The zero-order valence-electron chi connectivity index (χ0n) is 8.48. The molecular formula is C11H14N2O2. The van der Waals surface area contributed by atoms with Gasteiger partial charge in [-0.1, -0.05) is 0 Å². The van der Waals surface area contributed by atoms with Crippen molar-refractivity contribution in [3.05, 3.63) is 29.8 Å². The molecule has 4 nitrogen and oxygen atoms in total. The van der Waals surface area contributed by atoms with Crippen molar-refractivity contribution in [2.75, 3.05) is 18.0 Å². The zero-order chi connectivity index (χ0) is 10.7. The molecule has 1 saturated heterocycles. The molecule has 0 unspecified atom stereocenters. The fourth-order valence-electron chi connectivity index (χ4n) is 1.85. The van der Waals surface area contributed by atoms with Gasteiger partial charge in [-0.25, -0.2) is 4.79 Å². The molecule has 0 aromatic heterocycles.